The van der Waals surface area contributed by atoms with Crippen LogP contribution in [0.3, 0.4) is 0 Å². The first-order chi connectivity index (χ1) is 15.0. The zero-order chi connectivity index (χ0) is 23.1. The summed E-state index contributed by atoms with van der Waals surface area (Å²) in [6, 6.07) is 4.27. The Morgan fingerprint density at radius 1 is 1.09 bits per heavy atom. The van der Waals surface area contributed by atoms with Gasteiger partial charge < -0.3 is 10.6 Å². The number of likely N-dealkylation sites (tertiary alicyclic amines) is 1. The van der Waals surface area contributed by atoms with Crippen molar-refractivity contribution < 1.29 is 27.2 Å². The van der Waals surface area contributed by atoms with Gasteiger partial charge in [-0.1, -0.05) is 0 Å². The molecule has 0 aromatic heterocycles. The molecule has 3 aliphatic rings. The molecule has 1 aliphatic heterocycles. The molecule has 0 atom stereocenters. The summed E-state index contributed by atoms with van der Waals surface area (Å²) in [6.07, 6.45) is -0.639. The number of amides is 2. The lowest BCUT2D eigenvalue weighted by Crippen LogP contribution is -2.61. The van der Waals surface area contributed by atoms with Gasteiger partial charge in [0.2, 0.25) is 5.91 Å². The second kappa shape index (κ2) is 8.32. The fourth-order valence-electron chi connectivity index (χ4n) is 5.14. The van der Waals surface area contributed by atoms with Gasteiger partial charge in [-0.25, -0.2) is 4.39 Å². The maximum absolute atomic E-state index is 13.5. The summed E-state index contributed by atoms with van der Waals surface area (Å²) in [4.78, 5) is 26.3. The number of nitrogens with zero attached hydrogens (tertiary/aromatic N) is 1. The molecule has 1 heterocycles. The Hall–Kier alpha value is -2.16. The zero-order valence-corrected chi connectivity index (χ0v) is 18.2. The van der Waals surface area contributed by atoms with Gasteiger partial charge in [0.05, 0.1) is 6.54 Å². The van der Waals surface area contributed by atoms with Crippen LogP contribution in [0, 0.1) is 24.1 Å². The monoisotopic (exact) mass is 455 g/mol. The van der Waals surface area contributed by atoms with Crippen LogP contribution in [0.25, 0.3) is 0 Å². The smallest absolute Gasteiger partial charge is 0.352 e. The van der Waals surface area contributed by atoms with Gasteiger partial charge in [-0.3, -0.25) is 14.5 Å². The van der Waals surface area contributed by atoms with Crippen LogP contribution in [0.2, 0.25) is 0 Å². The SMILES string of the molecule is Cc1cc(F)cc(C(=O)NCC2CCC3(CC2)CN(CC(=O)NC2(C(F)(F)F)CC2)C3)c1. The van der Waals surface area contributed by atoms with Crippen LogP contribution >= 0.6 is 0 Å². The Morgan fingerprint density at radius 3 is 2.31 bits per heavy atom. The zero-order valence-electron chi connectivity index (χ0n) is 18.2. The van der Waals surface area contributed by atoms with Gasteiger partial charge in [0, 0.05) is 25.2 Å². The normalized spacial score (nSPS) is 22.3. The number of halogens is 4. The molecule has 1 spiro atoms. The minimum Gasteiger partial charge on any atom is -0.352 e. The van der Waals surface area contributed by atoms with Crippen molar-refractivity contribution in [1.82, 2.24) is 15.5 Å². The molecule has 0 unspecified atom stereocenters. The summed E-state index contributed by atoms with van der Waals surface area (Å²) in [5.41, 5.74) is -0.856. The first-order valence-corrected chi connectivity index (χ1v) is 11.1. The quantitative estimate of drug-likeness (QED) is 0.645. The van der Waals surface area contributed by atoms with E-state index in [4.69, 9.17) is 0 Å². The molecular weight excluding hydrogens is 426 g/mol. The van der Waals surface area contributed by atoms with Crippen LogP contribution in [-0.2, 0) is 4.79 Å². The average molecular weight is 455 g/mol. The minimum absolute atomic E-state index is 0.00607. The first kappa shape index (κ1) is 23.0. The van der Waals surface area contributed by atoms with Gasteiger partial charge in [0.15, 0.2) is 0 Å². The Balaban J connectivity index is 1.17. The molecule has 4 rings (SSSR count). The molecule has 2 saturated carbocycles. The lowest BCUT2D eigenvalue weighted by atomic mass is 9.66. The van der Waals surface area contributed by atoms with Crippen molar-refractivity contribution in [3.63, 3.8) is 0 Å². The Labute approximate surface area is 184 Å². The summed E-state index contributed by atoms with van der Waals surface area (Å²) in [6.45, 7) is 3.73. The van der Waals surface area contributed by atoms with E-state index in [1.165, 1.54) is 12.1 Å². The summed E-state index contributed by atoms with van der Waals surface area (Å²) >= 11 is 0. The highest BCUT2D eigenvalue weighted by atomic mass is 19.4. The number of benzene rings is 1. The van der Waals surface area contributed by atoms with Gasteiger partial charge in [0.25, 0.3) is 5.91 Å². The molecule has 2 N–H and O–H groups in total. The van der Waals surface area contributed by atoms with Gasteiger partial charge in [-0.2, -0.15) is 13.2 Å². The van der Waals surface area contributed by atoms with Crippen molar-refractivity contribution in [2.24, 2.45) is 11.3 Å². The van der Waals surface area contributed by atoms with E-state index >= 15 is 0 Å². The van der Waals surface area contributed by atoms with Crippen molar-refractivity contribution in [2.75, 3.05) is 26.2 Å². The largest absolute Gasteiger partial charge is 0.411 e. The maximum Gasteiger partial charge on any atom is 0.411 e. The second-order valence-electron chi connectivity index (χ2n) is 9.94. The third-order valence-electron chi connectivity index (χ3n) is 7.18. The van der Waals surface area contributed by atoms with E-state index < -0.39 is 23.4 Å². The molecular formula is C23H29F4N3O2. The van der Waals surface area contributed by atoms with E-state index in [2.05, 4.69) is 10.6 Å². The predicted molar refractivity (Wildman–Crippen MR) is 110 cm³/mol. The van der Waals surface area contributed by atoms with Crippen molar-refractivity contribution in [2.45, 2.75) is 57.2 Å². The molecule has 32 heavy (non-hydrogen) atoms. The van der Waals surface area contributed by atoms with Crippen LogP contribution in [0.15, 0.2) is 18.2 Å². The van der Waals surface area contributed by atoms with Crippen LogP contribution in [0.1, 0.15) is 54.4 Å². The van der Waals surface area contributed by atoms with Crippen LogP contribution < -0.4 is 10.6 Å². The molecule has 0 radical (unpaired) electrons. The highest BCUT2D eigenvalue weighted by Gasteiger charge is 2.64. The average Bonchev–Trinajstić information content (AvgIpc) is 3.46. The predicted octanol–water partition coefficient (Wildman–Crippen LogP) is 3.57. The maximum atomic E-state index is 13.5. The number of carbonyl (C=O) groups is 2. The molecule has 9 heteroatoms. The molecule has 2 aliphatic carbocycles. The molecule has 3 fully saturated rings. The Bertz CT molecular complexity index is 861. The number of hydrogen-bond donors (Lipinski definition) is 2. The minimum atomic E-state index is -4.39. The van der Waals surface area contributed by atoms with Crippen LogP contribution in [0.5, 0.6) is 0 Å². The lowest BCUT2D eigenvalue weighted by molar-refractivity contribution is -0.171. The number of carbonyl (C=O) groups excluding carboxylic acids is 2. The van der Waals surface area contributed by atoms with Crippen molar-refractivity contribution in [3.8, 4) is 0 Å². The van der Waals surface area contributed by atoms with Gasteiger partial charge in [-0.05, 0) is 80.5 Å². The van der Waals surface area contributed by atoms with Gasteiger partial charge in [0.1, 0.15) is 11.4 Å². The standard InChI is InChI=1S/C23H29F4N3O2/c1-15-8-17(10-18(24)9-15)20(32)28-11-16-2-4-21(5-3-16)13-30(14-21)12-19(31)29-22(6-7-22)23(25,26)27/h8-10,16H,2-7,11-14H2,1H3,(H,28,32)(H,29,31). The van der Waals surface area contributed by atoms with E-state index in [0.717, 1.165) is 38.8 Å². The molecule has 176 valence electrons. The Morgan fingerprint density at radius 2 is 1.75 bits per heavy atom. The van der Waals surface area contributed by atoms with E-state index in [0.29, 0.717) is 23.6 Å². The molecule has 5 nitrogen and oxygen atoms in total. The van der Waals surface area contributed by atoms with Gasteiger partial charge in [-0.15, -0.1) is 0 Å². The summed E-state index contributed by atoms with van der Waals surface area (Å²) in [5.74, 6) is -0.915. The Kier molecular flexibility index (Phi) is 5.98. The number of aryl methyl sites for hydroxylation is 1. The number of alkyl halides is 3. The fourth-order valence-corrected chi connectivity index (χ4v) is 5.14. The van der Waals surface area contributed by atoms with Crippen LogP contribution in [-0.4, -0.2) is 54.6 Å². The first-order valence-electron chi connectivity index (χ1n) is 11.1. The fraction of sp³-hybridized carbons (Fsp3) is 0.652. The molecule has 0 bridgehead atoms. The third-order valence-corrected chi connectivity index (χ3v) is 7.18. The summed E-state index contributed by atoms with van der Waals surface area (Å²) in [5, 5.41) is 5.08. The van der Waals surface area contributed by atoms with Crippen molar-refractivity contribution >= 4 is 11.8 Å². The molecule has 1 saturated heterocycles. The highest BCUT2D eigenvalue weighted by molar-refractivity contribution is 5.94. The lowest BCUT2D eigenvalue weighted by Gasteiger charge is -2.53. The number of hydrogen-bond acceptors (Lipinski definition) is 3. The molecule has 1 aromatic rings. The molecule has 2 amide bonds. The number of nitrogens with one attached hydrogen (secondary N) is 2. The van der Waals surface area contributed by atoms with Crippen LogP contribution in [0.4, 0.5) is 17.6 Å². The van der Waals surface area contributed by atoms with E-state index in [9.17, 15) is 27.2 Å². The summed E-state index contributed by atoms with van der Waals surface area (Å²) in [7, 11) is 0. The van der Waals surface area contributed by atoms with E-state index in [1.807, 2.05) is 4.90 Å². The van der Waals surface area contributed by atoms with Crippen molar-refractivity contribution in [3.05, 3.63) is 35.1 Å². The highest BCUT2D eigenvalue weighted by Crippen LogP contribution is 2.49. The van der Waals surface area contributed by atoms with E-state index in [1.54, 1.807) is 13.0 Å². The summed E-state index contributed by atoms with van der Waals surface area (Å²) < 4.78 is 52.5. The van der Waals surface area contributed by atoms with E-state index in [-0.39, 0.29) is 30.7 Å². The van der Waals surface area contributed by atoms with Crippen molar-refractivity contribution in [1.29, 1.82) is 0 Å². The third kappa shape index (κ3) is 4.92. The second-order valence-corrected chi connectivity index (χ2v) is 9.94. The molecule has 1 aromatic carbocycles. The topological polar surface area (TPSA) is 61.4 Å². The number of rotatable bonds is 6. The van der Waals surface area contributed by atoms with Gasteiger partial charge >= 0.3 is 6.18 Å².